The van der Waals surface area contributed by atoms with Crippen molar-refractivity contribution in [2.24, 2.45) is 0 Å². The topological polar surface area (TPSA) is 75.4 Å². The number of carbonyl (C=O) groups is 1. The van der Waals surface area contributed by atoms with Gasteiger partial charge in [-0.25, -0.2) is 9.78 Å². The minimum Gasteiger partial charge on any atom is -0.476 e. The van der Waals surface area contributed by atoms with E-state index in [-0.39, 0.29) is 11.7 Å². The molecule has 2 unspecified atom stereocenters. The van der Waals surface area contributed by atoms with Crippen molar-refractivity contribution in [3.8, 4) is 0 Å². The molecule has 2 fully saturated rings. The van der Waals surface area contributed by atoms with Crippen molar-refractivity contribution in [2.45, 2.75) is 88.4 Å². The summed E-state index contributed by atoms with van der Waals surface area (Å²) in [6.45, 7) is 0. The van der Waals surface area contributed by atoms with Gasteiger partial charge in [0.15, 0.2) is 0 Å². The summed E-state index contributed by atoms with van der Waals surface area (Å²) in [4.78, 5) is 31.8. The molecule has 0 spiro atoms. The molecule has 1 aliphatic carbocycles. The summed E-state index contributed by atoms with van der Waals surface area (Å²) in [6, 6.07) is 8.84. The number of piperidine rings is 2. The second kappa shape index (κ2) is 8.58. The van der Waals surface area contributed by atoms with E-state index in [2.05, 4.69) is 22.0 Å². The monoisotopic (exact) mass is 421 g/mol. The minimum absolute atomic E-state index is 0.0163. The van der Waals surface area contributed by atoms with E-state index in [0.717, 1.165) is 31.2 Å². The molecule has 4 atom stereocenters. The van der Waals surface area contributed by atoms with Crippen LogP contribution in [-0.4, -0.2) is 43.7 Å². The number of para-hydroxylation sites is 2. The number of nitrogens with zero attached hydrogens (tertiary/aromatic N) is 3. The average molecular weight is 422 g/mol. The van der Waals surface area contributed by atoms with E-state index < -0.39 is 11.5 Å². The van der Waals surface area contributed by atoms with Crippen molar-refractivity contribution in [1.29, 1.82) is 0 Å². The lowest BCUT2D eigenvalue weighted by Crippen LogP contribution is -2.56. The number of aromatic nitrogens is 2. The third-order valence-electron chi connectivity index (χ3n) is 7.48. The van der Waals surface area contributed by atoms with E-state index >= 15 is 0 Å². The van der Waals surface area contributed by atoms with Crippen LogP contribution in [0.1, 0.15) is 80.7 Å². The van der Waals surface area contributed by atoms with Crippen LogP contribution in [0.25, 0.3) is 11.0 Å². The number of hydrogen-bond acceptors (Lipinski definition) is 4. The quantitative estimate of drug-likeness (QED) is 0.737. The van der Waals surface area contributed by atoms with Crippen molar-refractivity contribution >= 4 is 17.0 Å². The normalized spacial score (nSPS) is 29.4. The molecular weight excluding hydrogens is 390 g/mol. The SMILES string of the molecule is O=C(O)c1nc2ccccc2n(C2C[C@H]3CCC[C@@H](C2)N3C2C=CCCCCC2)c1=O. The Morgan fingerprint density at radius 3 is 2.52 bits per heavy atom. The fourth-order valence-corrected chi connectivity index (χ4v) is 6.19. The largest absolute Gasteiger partial charge is 0.476 e. The summed E-state index contributed by atoms with van der Waals surface area (Å²) < 4.78 is 1.75. The molecule has 164 valence electrons. The van der Waals surface area contributed by atoms with Crippen LogP contribution < -0.4 is 5.56 Å². The summed E-state index contributed by atoms with van der Waals surface area (Å²) >= 11 is 0. The van der Waals surface area contributed by atoms with Crippen LogP contribution in [-0.2, 0) is 0 Å². The smallest absolute Gasteiger partial charge is 0.360 e. The first-order valence-electron chi connectivity index (χ1n) is 11.8. The lowest BCUT2D eigenvalue weighted by Gasteiger charge is -2.52. The lowest BCUT2D eigenvalue weighted by molar-refractivity contribution is -0.00666. The van der Waals surface area contributed by atoms with Gasteiger partial charge in [0.1, 0.15) is 0 Å². The molecule has 6 nitrogen and oxygen atoms in total. The molecule has 2 aromatic rings. The van der Waals surface area contributed by atoms with Gasteiger partial charge in [-0.05, 0) is 57.1 Å². The minimum atomic E-state index is -1.25. The number of aromatic carboxylic acids is 1. The van der Waals surface area contributed by atoms with Gasteiger partial charge in [-0.1, -0.05) is 43.5 Å². The van der Waals surface area contributed by atoms with Crippen LogP contribution in [0.15, 0.2) is 41.2 Å². The van der Waals surface area contributed by atoms with Crippen LogP contribution in [0.2, 0.25) is 0 Å². The van der Waals surface area contributed by atoms with E-state index in [1.165, 1.54) is 38.5 Å². The molecule has 3 heterocycles. The Morgan fingerprint density at radius 2 is 1.74 bits per heavy atom. The summed E-state index contributed by atoms with van der Waals surface area (Å²) in [5, 5.41) is 9.58. The third-order valence-corrected chi connectivity index (χ3v) is 7.48. The fraction of sp³-hybridized carbons (Fsp3) is 0.560. The first kappa shape index (κ1) is 20.4. The number of carboxylic acids is 1. The zero-order chi connectivity index (χ0) is 21.4. The highest BCUT2D eigenvalue weighted by Gasteiger charge is 2.42. The fourth-order valence-electron chi connectivity index (χ4n) is 6.19. The second-order valence-corrected chi connectivity index (χ2v) is 9.37. The first-order valence-corrected chi connectivity index (χ1v) is 11.8. The maximum Gasteiger partial charge on any atom is 0.360 e. The van der Waals surface area contributed by atoms with E-state index in [0.29, 0.717) is 23.6 Å². The van der Waals surface area contributed by atoms with Crippen LogP contribution in [0.5, 0.6) is 0 Å². The maximum absolute atomic E-state index is 13.2. The molecule has 0 radical (unpaired) electrons. The van der Waals surface area contributed by atoms with Gasteiger partial charge in [0.2, 0.25) is 5.69 Å². The molecule has 31 heavy (non-hydrogen) atoms. The van der Waals surface area contributed by atoms with Crippen LogP contribution in [0, 0.1) is 0 Å². The van der Waals surface area contributed by atoms with E-state index in [4.69, 9.17) is 0 Å². The molecule has 2 bridgehead atoms. The van der Waals surface area contributed by atoms with Crippen molar-refractivity contribution < 1.29 is 9.90 Å². The number of benzene rings is 1. The summed E-state index contributed by atoms with van der Waals surface area (Å²) in [5.41, 5.74) is 0.498. The number of carboxylic acid groups (broad SMARTS) is 1. The predicted octanol–water partition coefficient (Wildman–Crippen LogP) is 4.54. The van der Waals surface area contributed by atoms with E-state index in [9.17, 15) is 14.7 Å². The van der Waals surface area contributed by atoms with Crippen molar-refractivity contribution in [1.82, 2.24) is 14.5 Å². The molecule has 0 saturated carbocycles. The number of fused-ring (bicyclic) bond motifs is 3. The highest BCUT2D eigenvalue weighted by atomic mass is 16.4. The Labute approximate surface area is 182 Å². The van der Waals surface area contributed by atoms with Crippen LogP contribution in [0.4, 0.5) is 0 Å². The highest BCUT2D eigenvalue weighted by Crippen LogP contribution is 2.42. The van der Waals surface area contributed by atoms with Gasteiger partial charge in [0.25, 0.3) is 5.56 Å². The lowest BCUT2D eigenvalue weighted by atomic mass is 9.79. The second-order valence-electron chi connectivity index (χ2n) is 9.37. The number of hydrogen-bond donors (Lipinski definition) is 1. The zero-order valence-electron chi connectivity index (χ0n) is 17.9. The Hall–Kier alpha value is -2.47. The third kappa shape index (κ3) is 3.82. The average Bonchev–Trinajstić information content (AvgIpc) is 2.72. The van der Waals surface area contributed by atoms with Gasteiger partial charge in [0.05, 0.1) is 11.0 Å². The molecule has 2 aliphatic heterocycles. The van der Waals surface area contributed by atoms with Crippen LogP contribution in [0.3, 0.4) is 0 Å². The van der Waals surface area contributed by atoms with Gasteiger partial charge in [-0.15, -0.1) is 0 Å². The van der Waals surface area contributed by atoms with Crippen LogP contribution >= 0.6 is 0 Å². The molecule has 3 aliphatic rings. The van der Waals surface area contributed by atoms with E-state index in [1.54, 1.807) is 10.6 Å². The molecule has 0 amide bonds. The molecular formula is C25H31N3O3. The molecule has 5 rings (SSSR count). The molecule has 1 aromatic carbocycles. The van der Waals surface area contributed by atoms with Gasteiger partial charge in [0, 0.05) is 24.2 Å². The summed E-state index contributed by atoms with van der Waals surface area (Å²) in [5.74, 6) is -1.25. The molecule has 1 N–H and O–H groups in total. The van der Waals surface area contributed by atoms with Crippen molar-refractivity contribution in [3.63, 3.8) is 0 Å². The Morgan fingerprint density at radius 1 is 0.968 bits per heavy atom. The number of allylic oxidation sites excluding steroid dienone is 1. The maximum atomic E-state index is 13.2. The Bertz CT molecular complexity index is 1050. The highest BCUT2D eigenvalue weighted by molar-refractivity contribution is 5.88. The molecule has 6 heteroatoms. The van der Waals surface area contributed by atoms with Gasteiger partial charge < -0.3 is 9.67 Å². The van der Waals surface area contributed by atoms with E-state index in [1.807, 2.05) is 18.2 Å². The van der Waals surface area contributed by atoms with Crippen molar-refractivity contribution in [3.05, 3.63) is 52.5 Å². The summed E-state index contributed by atoms with van der Waals surface area (Å²) in [6.07, 6.45) is 16.4. The van der Waals surface area contributed by atoms with Gasteiger partial charge >= 0.3 is 5.97 Å². The zero-order valence-corrected chi connectivity index (χ0v) is 17.9. The van der Waals surface area contributed by atoms with Gasteiger partial charge in [-0.2, -0.15) is 0 Å². The Kier molecular flexibility index (Phi) is 5.65. The molecule has 2 saturated heterocycles. The standard InChI is InChI=1S/C25H31N3O3/c29-24-23(25(30)31)26-21-13-6-7-14-22(21)28(24)20-15-18-11-8-12-19(16-20)27(18)17-9-4-2-1-3-5-10-17/h4,6-7,9,13-14,17-20H,1-3,5,8,10-12,15-16H2,(H,30,31)/t17?,18-,19+,20?. The number of rotatable bonds is 3. The van der Waals surface area contributed by atoms with Gasteiger partial charge in [-0.3, -0.25) is 9.69 Å². The van der Waals surface area contributed by atoms with Crippen molar-refractivity contribution in [2.75, 3.05) is 0 Å². The summed E-state index contributed by atoms with van der Waals surface area (Å²) in [7, 11) is 0. The molecule has 1 aromatic heterocycles. The first-order chi connectivity index (χ1) is 15.1. The Balaban J connectivity index is 1.52. The predicted molar refractivity (Wildman–Crippen MR) is 121 cm³/mol.